The first-order chi connectivity index (χ1) is 10.2. The lowest BCUT2D eigenvalue weighted by molar-refractivity contribution is -0.142. The maximum absolute atomic E-state index is 12.1. The van der Waals surface area contributed by atoms with Crippen molar-refractivity contribution in [3.8, 4) is 0 Å². The van der Waals surface area contributed by atoms with Gasteiger partial charge in [0.05, 0.1) is 12.6 Å². The van der Waals surface area contributed by atoms with Gasteiger partial charge in [-0.2, -0.15) is 0 Å². The highest BCUT2D eigenvalue weighted by Gasteiger charge is 2.30. The average molecular weight is 293 g/mol. The molecule has 114 valence electrons. The number of hydrogen-bond donors (Lipinski definition) is 1. The van der Waals surface area contributed by atoms with Gasteiger partial charge in [-0.05, 0) is 18.4 Å². The molecule has 0 unspecified atom stereocenters. The molecule has 0 aliphatic carbocycles. The molecule has 1 aromatic rings. The summed E-state index contributed by atoms with van der Waals surface area (Å²) >= 11 is 0. The summed E-state index contributed by atoms with van der Waals surface area (Å²) in [6.07, 6.45) is 1.31. The second kappa shape index (κ2) is 7.64. The lowest BCUT2D eigenvalue weighted by Crippen LogP contribution is -2.39. The van der Waals surface area contributed by atoms with Crippen molar-refractivity contribution in [2.45, 2.75) is 25.5 Å². The summed E-state index contributed by atoms with van der Waals surface area (Å²) in [5.74, 6) is -1.01. The van der Waals surface area contributed by atoms with Crippen LogP contribution in [0.2, 0.25) is 0 Å². The molecule has 1 heterocycles. The molecule has 1 aliphatic rings. The van der Waals surface area contributed by atoms with Crippen LogP contribution < -0.4 is 0 Å². The molecular weight excluding hydrogens is 274 g/mol. The highest BCUT2D eigenvalue weighted by atomic mass is 16.6. The third kappa shape index (κ3) is 4.75. The van der Waals surface area contributed by atoms with Crippen LogP contribution in [0.4, 0.5) is 4.79 Å². The van der Waals surface area contributed by atoms with Crippen LogP contribution in [0.3, 0.4) is 0 Å². The van der Waals surface area contributed by atoms with Crippen LogP contribution in [0, 0.1) is 0 Å². The van der Waals surface area contributed by atoms with Gasteiger partial charge in [-0.3, -0.25) is 0 Å². The van der Waals surface area contributed by atoms with Gasteiger partial charge in [-0.1, -0.05) is 30.3 Å². The van der Waals surface area contributed by atoms with Crippen LogP contribution in [-0.4, -0.2) is 47.9 Å². The van der Waals surface area contributed by atoms with E-state index in [-0.39, 0.29) is 32.0 Å². The standard InChI is InChI=1S/C15H19NO5/c17-14(18)11-20-10-13-7-4-8-16(13)15(19)21-9-12-5-2-1-3-6-12/h1-3,5-6,13H,4,7-11H2,(H,17,18)/t13-/m0/s1. The number of likely N-dealkylation sites (tertiary alicyclic amines) is 1. The quantitative estimate of drug-likeness (QED) is 0.866. The molecule has 1 fully saturated rings. The van der Waals surface area contributed by atoms with E-state index in [0.717, 1.165) is 18.4 Å². The minimum Gasteiger partial charge on any atom is -0.480 e. The van der Waals surface area contributed by atoms with Crippen molar-refractivity contribution in [1.29, 1.82) is 0 Å². The number of amides is 1. The first kappa shape index (κ1) is 15.3. The van der Waals surface area contributed by atoms with Gasteiger partial charge < -0.3 is 19.5 Å². The van der Waals surface area contributed by atoms with Crippen molar-refractivity contribution in [3.63, 3.8) is 0 Å². The molecule has 1 aliphatic heterocycles. The van der Waals surface area contributed by atoms with Crippen LogP contribution in [0.5, 0.6) is 0 Å². The summed E-state index contributed by atoms with van der Waals surface area (Å²) < 4.78 is 10.4. The fourth-order valence-electron chi connectivity index (χ4n) is 2.33. The summed E-state index contributed by atoms with van der Waals surface area (Å²) in [5.41, 5.74) is 0.934. The van der Waals surface area contributed by atoms with E-state index in [2.05, 4.69) is 0 Å². The first-order valence-corrected chi connectivity index (χ1v) is 6.93. The molecule has 21 heavy (non-hydrogen) atoms. The molecule has 1 aromatic carbocycles. The molecule has 0 aromatic heterocycles. The van der Waals surface area contributed by atoms with E-state index in [1.165, 1.54) is 0 Å². The Morgan fingerprint density at radius 2 is 2.05 bits per heavy atom. The predicted octanol–water partition coefficient (Wildman–Crippen LogP) is 1.89. The number of rotatable bonds is 6. The third-order valence-corrected chi connectivity index (χ3v) is 3.35. The Morgan fingerprint density at radius 3 is 2.76 bits per heavy atom. The van der Waals surface area contributed by atoms with E-state index in [1.807, 2.05) is 30.3 Å². The van der Waals surface area contributed by atoms with Gasteiger partial charge >= 0.3 is 12.1 Å². The minimum absolute atomic E-state index is 0.104. The number of benzene rings is 1. The fraction of sp³-hybridized carbons (Fsp3) is 0.467. The SMILES string of the molecule is O=C(O)COC[C@@H]1CCCN1C(=O)OCc1ccccc1. The maximum Gasteiger partial charge on any atom is 0.410 e. The van der Waals surface area contributed by atoms with Crippen molar-refractivity contribution >= 4 is 12.1 Å². The molecule has 1 saturated heterocycles. The Morgan fingerprint density at radius 1 is 1.29 bits per heavy atom. The monoisotopic (exact) mass is 293 g/mol. The van der Waals surface area contributed by atoms with Gasteiger partial charge in [0.1, 0.15) is 13.2 Å². The van der Waals surface area contributed by atoms with Crippen molar-refractivity contribution in [2.75, 3.05) is 19.8 Å². The van der Waals surface area contributed by atoms with E-state index in [4.69, 9.17) is 14.6 Å². The van der Waals surface area contributed by atoms with E-state index in [9.17, 15) is 9.59 Å². The lowest BCUT2D eigenvalue weighted by atomic mass is 10.2. The number of carbonyl (C=O) groups is 2. The number of ether oxygens (including phenoxy) is 2. The molecule has 6 heteroatoms. The van der Waals surface area contributed by atoms with Gasteiger partial charge in [0.2, 0.25) is 0 Å². The van der Waals surface area contributed by atoms with Crippen molar-refractivity contribution in [1.82, 2.24) is 4.90 Å². The molecule has 1 amide bonds. The van der Waals surface area contributed by atoms with E-state index in [0.29, 0.717) is 6.54 Å². The zero-order valence-electron chi connectivity index (χ0n) is 11.7. The van der Waals surface area contributed by atoms with E-state index < -0.39 is 5.97 Å². The Balaban J connectivity index is 1.78. The van der Waals surface area contributed by atoms with Crippen molar-refractivity contribution in [2.24, 2.45) is 0 Å². The largest absolute Gasteiger partial charge is 0.480 e. The zero-order chi connectivity index (χ0) is 15.1. The highest BCUT2D eigenvalue weighted by Crippen LogP contribution is 2.19. The molecule has 0 bridgehead atoms. The Labute approximate surface area is 123 Å². The number of aliphatic carboxylic acids is 1. The summed E-state index contributed by atoms with van der Waals surface area (Å²) in [5, 5.41) is 8.54. The smallest absolute Gasteiger partial charge is 0.410 e. The molecule has 1 N–H and O–H groups in total. The molecule has 0 spiro atoms. The average Bonchev–Trinajstić information content (AvgIpc) is 2.94. The van der Waals surface area contributed by atoms with Gasteiger partial charge in [-0.15, -0.1) is 0 Å². The number of carboxylic acids is 1. The van der Waals surface area contributed by atoms with Crippen LogP contribution in [0.1, 0.15) is 18.4 Å². The topological polar surface area (TPSA) is 76.1 Å². The number of nitrogens with zero attached hydrogens (tertiary/aromatic N) is 1. The highest BCUT2D eigenvalue weighted by molar-refractivity contribution is 5.69. The van der Waals surface area contributed by atoms with Gasteiger partial charge in [0.25, 0.3) is 0 Å². The van der Waals surface area contributed by atoms with Gasteiger partial charge in [-0.25, -0.2) is 9.59 Å². The zero-order valence-corrected chi connectivity index (χ0v) is 11.7. The maximum atomic E-state index is 12.1. The van der Waals surface area contributed by atoms with Crippen LogP contribution in [0.15, 0.2) is 30.3 Å². The van der Waals surface area contributed by atoms with E-state index >= 15 is 0 Å². The van der Waals surface area contributed by atoms with Gasteiger partial charge in [0, 0.05) is 6.54 Å². The third-order valence-electron chi connectivity index (χ3n) is 3.35. The second-order valence-corrected chi connectivity index (χ2v) is 4.94. The molecular formula is C15H19NO5. The Kier molecular flexibility index (Phi) is 5.57. The molecule has 1 atom stereocenters. The van der Waals surface area contributed by atoms with Crippen molar-refractivity contribution < 1.29 is 24.2 Å². The lowest BCUT2D eigenvalue weighted by Gasteiger charge is -2.23. The number of carbonyl (C=O) groups excluding carboxylic acids is 1. The van der Waals surface area contributed by atoms with Crippen LogP contribution in [-0.2, 0) is 20.9 Å². The fourth-order valence-corrected chi connectivity index (χ4v) is 2.33. The summed E-state index contributed by atoms with van der Waals surface area (Å²) in [6.45, 7) is 0.740. The Hall–Kier alpha value is -2.08. The molecule has 0 radical (unpaired) electrons. The number of carboxylic acid groups (broad SMARTS) is 1. The second-order valence-electron chi connectivity index (χ2n) is 4.94. The molecule has 0 saturated carbocycles. The number of hydrogen-bond acceptors (Lipinski definition) is 4. The van der Waals surface area contributed by atoms with Crippen LogP contribution in [0.25, 0.3) is 0 Å². The van der Waals surface area contributed by atoms with Gasteiger partial charge in [0.15, 0.2) is 0 Å². The minimum atomic E-state index is -1.01. The van der Waals surface area contributed by atoms with Crippen molar-refractivity contribution in [3.05, 3.63) is 35.9 Å². The van der Waals surface area contributed by atoms with Crippen LogP contribution >= 0.6 is 0 Å². The Bertz CT molecular complexity index is 476. The molecule has 2 rings (SSSR count). The van der Waals surface area contributed by atoms with E-state index in [1.54, 1.807) is 4.90 Å². The molecule has 6 nitrogen and oxygen atoms in total. The summed E-state index contributed by atoms with van der Waals surface area (Å²) in [6, 6.07) is 9.37. The predicted molar refractivity (Wildman–Crippen MR) is 74.8 cm³/mol. The normalized spacial score (nSPS) is 17.7. The first-order valence-electron chi connectivity index (χ1n) is 6.93. The summed E-state index contributed by atoms with van der Waals surface area (Å²) in [4.78, 5) is 24.1. The summed E-state index contributed by atoms with van der Waals surface area (Å²) in [7, 11) is 0.